The number of halogens is 1. The Morgan fingerprint density at radius 2 is 1.92 bits per heavy atom. The van der Waals surface area contributed by atoms with Crippen molar-refractivity contribution in [2.45, 2.75) is 18.2 Å². The van der Waals surface area contributed by atoms with Gasteiger partial charge >= 0.3 is 0 Å². The van der Waals surface area contributed by atoms with Crippen molar-refractivity contribution in [2.24, 2.45) is 5.92 Å². The Balaban J connectivity index is 1.50. The van der Waals surface area contributed by atoms with Crippen molar-refractivity contribution < 1.29 is 12.8 Å². The molecule has 1 aromatic heterocycles. The van der Waals surface area contributed by atoms with Crippen LogP contribution in [0.25, 0.3) is 0 Å². The average Bonchev–Trinajstić information content (AvgIpc) is 3.18. The molecule has 2 atom stereocenters. The number of rotatable bonds is 4. The first-order valence-corrected chi connectivity index (χ1v) is 10.0. The highest BCUT2D eigenvalue weighted by atomic mass is 32.2. The summed E-state index contributed by atoms with van der Waals surface area (Å²) in [6, 6.07) is 11.4. The van der Waals surface area contributed by atoms with Crippen LogP contribution in [-0.2, 0) is 15.8 Å². The Hall–Kier alpha value is -1.99. The molecular weight excluding hydrogens is 341 g/mol. The number of aromatic nitrogens is 1. The third-order valence-corrected chi connectivity index (χ3v) is 6.96. The van der Waals surface area contributed by atoms with Crippen LogP contribution in [0.4, 0.5) is 10.2 Å². The highest BCUT2D eigenvalue weighted by Gasteiger charge is 2.46. The summed E-state index contributed by atoms with van der Waals surface area (Å²) in [5, 5.41) is 0. The molecule has 5 nitrogen and oxygen atoms in total. The third-order valence-electron chi connectivity index (χ3n) is 5.09. The van der Waals surface area contributed by atoms with Gasteiger partial charge in [0, 0.05) is 31.9 Å². The van der Waals surface area contributed by atoms with Crippen molar-refractivity contribution in [3.8, 4) is 0 Å². The van der Waals surface area contributed by atoms with E-state index < -0.39 is 10.0 Å². The summed E-state index contributed by atoms with van der Waals surface area (Å²) in [6.07, 6.45) is 2.63. The normalized spacial score (nSPS) is 23.8. The van der Waals surface area contributed by atoms with Gasteiger partial charge in [-0.05, 0) is 42.2 Å². The van der Waals surface area contributed by atoms with Gasteiger partial charge in [-0.2, -0.15) is 4.31 Å². The lowest BCUT2D eigenvalue weighted by atomic mass is 10.1. The number of fused-ring (bicyclic) bond motifs is 1. The van der Waals surface area contributed by atoms with Gasteiger partial charge in [-0.3, -0.25) is 0 Å². The molecule has 2 saturated heterocycles. The van der Waals surface area contributed by atoms with E-state index in [0.29, 0.717) is 24.6 Å². The Morgan fingerprint density at radius 3 is 2.64 bits per heavy atom. The summed E-state index contributed by atoms with van der Waals surface area (Å²) in [5.41, 5.74) is 0.615. The van der Waals surface area contributed by atoms with E-state index in [1.807, 2.05) is 18.2 Å². The van der Waals surface area contributed by atoms with Gasteiger partial charge in [0.15, 0.2) is 0 Å². The second-order valence-corrected chi connectivity index (χ2v) is 8.62. The zero-order chi connectivity index (χ0) is 17.4. The van der Waals surface area contributed by atoms with Gasteiger partial charge < -0.3 is 4.90 Å². The van der Waals surface area contributed by atoms with Gasteiger partial charge in [0.25, 0.3) is 0 Å². The maximum atomic E-state index is 13.0. The van der Waals surface area contributed by atoms with E-state index in [4.69, 9.17) is 0 Å². The summed E-state index contributed by atoms with van der Waals surface area (Å²) in [4.78, 5) is 6.54. The van der Waals surface area contributed by atoms with Crippen molar-refractivity contribution >= 4 is 15.8 Å². The van der Waals surface area contributed by atoms with Crippen LogP contribution >= 0.6 is 0 Å². The zero-order valence-electron chi connectivity index (χ0n) is 13.8. The highest BCUT2D eigenvalue weighted by Crippen LogP contribution is 2.35. The SMILES string of the molecule is O=S(=O)(Cc1ccc(F)cc1)N1CCC2CN(c3ccccn3)CC21. The van der Waals surface area contributed by atoms with E-state index in [-0.39, 0.29) is 17.6 Å². The monoisotopic (exact) mass is 361 g/mol. The van der Waals surface area contributed by atoms with Crippen LogP contribution in [-0.4, -0.2) is 43.4 Å². The topological polar surface area (TPSA) is 53.5 Å². The van der Waals surface area contributed by atoms with Gasteiger partial charge in [-0.15, -0.1) is 0 Å². The van der Waals surface area contributed by atoms with E-state index in [1.165, 1.54) is 24.3 Å². The lowest BCUT2D eigenvalue weighted by molar-refractivity contribution is 0.384. The predicted molar refractivity (Wildman–Crippen MR) is 94.1 cm³/mol. The lowest BCUT2D eigenvalue weighted by Gasteiger charge is -2.24. The van der Waals surface area contributed by atoms with Crippen molar-refractivity contribution in [3.63, 3.8) is 0 Å². The van der Waals surface area contributed by atoms with E-state index in [0.717, 1.165) is 18.8 Å². The Morgan fingerprint density at radius 1 is 1.12 bits per heavy atom. The summed E-state index contributed by atoms with van der Waals surface area (Å²) < 4.78 is 40.4. The summed E-state index contributed by atoms with van der Waals surface area (Å²) in [6.45, 7) is 2.07. The number of nitrogens with zero attached hydrogens (tertiary/aromatic N) is 3. The first-order chi connectivity index (χ1) is 12.0. The van der Waals surface area contributed by atoms with Crippen LogP contribution in [0.2, 0.25) is 0 Å². The molecule has 0 amide bonds. The van der Waals surface area contributed by atoms with Crippen molar-refractivity contribution in [3.05, 3.63) is 60.0 Å². The molecule has 1 aromatic carbocycles. The van der Waals surface area contributed by atoms with Crippen LogP contribution in [0.5, 0.6) is 0 Å². The minimum atomic E-state index is -3.42. The second kappa shape index (κ2) is 6.38. The molecular formula is C18H20FN3O2S. The van der Waals surface area contributed by atoms with Crippen LogP contribution in [0.1, 0.15) is 12.0 Å². The van der Waals surface area contributed by atoms with E-state index in [2.05, 4.69) is 9.88 Å². The fourth-order valence-electron chi connectivity index (χ4n) is 3.87. The first-order valence-electron chi connectivity index (χ1n) is 8.43. The van der Waals surface area contributed by atoms with E-state index in [1.54, 1.807) is 10.5 Å². The van der Waals surface area contributed by atoms with Crippen LogP contribution in [0.3, 0.4) is 0 Å². The van der Waals surface area contributed by atoms with Gasteiger partial charge in [0.1, 0.15) is 11.6 Å². The molecule has 0 radical (unpaired) electrons. The van der Waals surface area contributed by atoms with Crippen LogP contribution in [0, 0.1) is 11.7 Å². The largest absolute Gasteiger partial charge is 0.355 e. The molecule has 7 heteroatoms. The number of sulfonamides is 1. The smallest absolute Gasteiger partial charge is 0.218 e. The standard InChI is InChI=1S/C18H20FN3O2S/c19-16-6-4-14(5-7-16)13-25(23,24)22-10-8-15-11-21(12-17(15)22)18-3-1-2-9-20-18/h1-7,9,15,17H,8,10-13H2. The van der Waals surface area contributed by atoms with E-state index in [9.17, 15) is 12.8 Å². The summed E-state index contributed by atoms with van der Waals surface area (Å²) >= 11 is 0. The number of anilines is 1. The molecule has 3 heterocycles. The molecule has 0 bridgehead atoms. The second-order valence-electron chi connectivity index (χ2n) is 6.70. The van der Waals surface area contributed by atoms with Crippen molar-refractivity contribution in [2.75, 3.05) is 24.5 Å². The zero-order valence-corrected chi connectivity index (χ0v) is 14.6. The number of hydrogen-bond acceptors (Lipinski definition) is 4. The van der Waals surface area contributed by atoms with Gasteiger partial charge in [-0.25, -0.2) is 17.8 Å². The van der Waals surface area contributed by atoms with Gasteiger partial charge in [0.2, 0.25) is 10.0 Å². The molecule has 132 valence electrons. The Kier molecular flexibility index (Phi) is 4.21. The molecule has 0 N–H and O–H groups in total. The molecule has 0 aliphatic carbocycles. The minimum Gasteiger partial charge on any atom is -0.355 e. The summed E-state index contributed by atoms with van der Waals surface area (Å²) in [5.74, 6) is 0.794. The third kappa shape index (κ3) is 3.26. The molecule has 2 aromatic rings. The van der Waals surface area contributed by atoms with Crippen LogP contribution in [0.15, 0.2) is 48.7 Å². The number of benzene rings is 1. The molecule has 0 saturated carbocycles. The Bertz CT molecular complexity index is 842. The fourth-order valence-corrected chi connectivity index (χ4v) is 5.68. The maximum Gasteiger partial charge on any atom is 0.218 e. The Labute approximate surface area is 147 Å². The molecule has 25 heavy (non-hydrogen) atoms. The molecule has 0 spiro atoms. The summed E-state index contributed by atoms with van der Waals surface area (Å²) in [7, 11) is -3.42. The molecule has 2 fully saturated rings. The van der Waals surface area contributed by atoms with Crippen molar-refractivity contribution in [1.29, 1.82) is 0 Å². The fraction of sp³-hybridized carbons (Fsp3) is 0.389. The molecule has 4 rings (SSSR count). The number of hydrogen-bond donors (Lipinski definition) is 0. The minimum absolute atomic E-state index is 0.00699. The highest BCUT2D eigenvalue weighted by molar-refractivity contribution is 7.88. The maximum absolute atomic E-state index is 13.0. The van der Waals surface area contributed by atoms with Gasteiger partial charge in [0.05, 0.1) is 5.75 Å². The quantitative estimate of drug-likeness (QED) is 0.838. The lowest BCUT2D eigenvalue weighted by Crippen LogP contribution is -2.40. The van der Waals surface area contributed by atoms with E-state index >= 15 is 0 Å². The molecule has 2 aliphatic rings. The first kappa shape index (κ1) is 16.5. The van der Waals surface area contributed by atoms with Crippen molar-refractivity contribution in [1.82, 2.24) is 9.29 Å². The van der Waals surface area contributed by atoms with Gasteiger partial charge in [-0.1, -0.05) is 18.2 Å². The molecule has 2 aliphatic heterocycles. The number of pyridine rings is 1. The average molecular weight is 361 g/mol. The molecule has 2 unspecified atom stereocenters. The predicted octanol–water partition coefficient (Wildman–Crippen LogP) is 2.26. The van der Waals surface area contributed by atoms with Crippen LogP contribution < -0.4 is 4.90 Å².